The summed E-state index contributed by atoms with van der Waals surface area (Å²) >= 11 is 0.828. The summed E-state index contributed by atoms with van der Waals surface area (Å²) in [5.41, 5.74) is 3.33. The van der Waals surface area contributed by atoms with Crippen molar-refractivity contribution in [3.05, 3.63) is 74.5 Å². The minimum absolute atomic E-state index is 0.0111. The molecule has 146 valence electrons. The normalized spacial score (nSPS) is 14.0. The second-order valence-corrected chi connectivity index (χ2v) is 7.44. The molecule has 3 aromatic rings. The SMILES string of the molecule is CC1=Nc2ccccc2/C1=C\c1sc(=O)n(CC(=O)Nc2ccccc2F)c1O. The van der Waals surface area contributed by atoms with Gasteiger partial charge in [-0.2, -0.15) is 0 Å². The van der Waals surface area contributed by atoms with Crippen LogP contribution < -0.4 is 10.2 Å². The van der Waals surface area contributed by atoms with Gasteiger partial charge >= 0.3 is 4.87 Å². The number of fused-ring (bicyclic) bond motifs is 1. The van der Waals surface area contributed by atoms with Crippen molar-refractivity contribution < 1.29 is 14.3 Å². The van der Waals surface area contributed by atoms with Crippen LogP contribution in [0.5, 0.6) is 5.88 Å². The molecule has 0 saturated carbocycles. The first-order valence-electron chi connectivity index (χ1n) is 8.78. The summed E-state index contributed by atoms with van der Waals surface area (Å²) in [5.74, 6) is -1.51. The summed E-state index contributed by atoms with van der Waals surface area (Å²) in [6.07, 6.45) is 1.69. The second kappa shape index (κ2) is 7.48. The highest BCUT2D eigenvalue weighted by atomic mass is 32.1. The van der Waals surface area contributed by atoms with E-state index in [2.05, 4.69) is 10.3 Å². The van der Waals surface area contributed by atoms with Crippen LogP contribution in [-0.4, -0.2) is 21.3 Å². The van der Waals surface area contributed by atoms with Crippen LogP contribution in [0.3, 0.4) is 0 Å². The van der Waals surface area contributed by atoms with E-state index in [1.165, 1.54) is 18.2 Å². The van der Waals surface area contributed by atoms with Crippen LogP contribution in [-0.2, 0) is 11.3 Å². The molecule has 2 aromatic carbocycles. The van der Waals surface area contributed by atoms with Crippen LogP contribution in [0.25, 0.3) is 11.6 Å². The number of aliphatic imine (C=N–C) groups is 1. The number of anilines is 1. The number of benzene rings is 2. The van der Waals surface area contributed by atoms with Gasteiger partial charge in [0.15, 0.2) is 0 Å². The molecule has 1 aromatic heterocycles. The molecule has 0 spiro atoms. The van der Waals surface area contributed by atoms with Gasteiger partial charge < -0.3 is 10.4 Å². The number of para-hydroxylation sites is 2. The molecule has 4 rings (SSSR count). The lowest BCUT2D eigenvalue weighted by Crippen LogP contribution is -2.24. The number of thiazole rings is 1. The van der Waals surface area contributed by atoms with Gasteiger partial charge in [0.25, 0.3) is 0 Å². The highest BCUT2D eigenvalue weighted by Gasteiger charge is 2.21. The topological polar surface area (TPSA) is 83.7 Å². The van der Waals surface area contributed by atoms with Gasteiger partial charge in [0, 0.05) is 16.8 Å². The lowest BCUT2D eigenvalue weighted by Gasteiger charge is -2.07. The number of allylic oxidation sites excluding steroid dienone is 1. The first-order chi connectivity index (χ1) is 13.9. The summed E-state index contributed by atoms with van der Waals surface area (Å²) in [6, 6.07) is 13.3. The third-order valence-electron chi connectivity index (χ3n) is 4.49. The fourth-order valence-corrected chi connectivity index (χ4v) is 3.92. The van der Waals surface area contributed by atoms with Crippen LogP contribution in [0.1, 0.15) is 17.4 Å². The van der Waals surface area contributed by atoms with E-state index in [9.17, 15) is 19.1 Å². The first kappa shape index (κ1) is 18.8. The maximum absolute atomic E-state index is 13.7. The second-order valence-electron chi connectivity index (χ2n) is 6.44. The summed E-state index contributed by atoms with van der Waals surface area (Å²) in [7, 11) is 0. The van der Waals surface area contributed by atoms with Gasteiger partial charge in [-0.25, -0.2) is 4.39 Å². The average molecular weight is 409 g/mol. The number of rotatable bonds is 4. The van der Waals surface area contributed by atoms with Gasteiger partial charge in [0.2, 0.25) is 11.8 Å². The van der Waals surface area contributed by atoms with Gasteiger partial charge in [-0.3, -0.25) is 19.1 Å². The number of carbonyl (C=O) groups excluding carboxylic acids is 1. The van der Waals surface area contributed by atoms with E-state index in [1.54, 1.807) is 12.1 Å². The Balaban J connectivity index is 1.61. The molecule has 6 nitrogen and oxygen atoms in total. The van der Waals surface area contributed by atoms with Crippen molar-refractivity contribution in [2.75, 3.05) is 5.32 Å². The van der Waals surface area contributed by atoms with Crippen molar-refractivity contribution in [1.29, 1.82) is 0 Å². The summed E-state index contributed by atoms with van der Waals surface area (Å²) in [5, 5.41) is 12.9. The van der Waals surface area contributed by atoms with Gasteiger partial charge in [0.05, 0.1) is 16.3 Å². The fraction of sp³-hybridized carbons (Fsp3) is 0.0952. The van der Waals surface area contributed by atoms with Crippen LogP contribution in [0, 0.1) is 5.82 Å². The minimum Gasteiger partial charge on any atom is -0.493 e. The van der Waals surface area contributed by atoms with Crippen molar-refractivity contribution in [3.8, 4) is 5.88 Å². The molecular weight excluding hydrogens is 393 g/mol. The zero-order valence-corrected chi connectivity index (χ0v) is 16.2. The summed E-state index contributed by atoms with van der Waals surface area (Å²) in [6.45, 7) is 1.42. The largest absolute Gasteiger partial charge is 0.493 e. The fourth-order valence-electron chi connectivity index (χ4n) is 3.09. The highest BCUT2D eigenvalue weighted by Crippen LogP contribution is 2.37. The number of amides is 1. The Hall–Kier alpha value is -3.52. The minimum atomic E-state index is -0.617. The molecule has 2 N–H and O–H groups in total. The van der Waals surface area contributed by atoms with Gasteiger partial charge in [-0.1, -0.05) is 41.7 Å². The summed E-state index contributed by atoms with van der Waals surface area (Å²) in [4.78, 5) is 28.9. The third-order valence-corrected chi connectivity index (χ3v) is 5.41. The molecule has 0 atom stereocenters. The zero-order chi connectivity index (χ0) is 20.5. The smallest absolute Gasteiger partial charge is 0.311 e. The summed E-state index contributed by atoms with van der Waals surface area (Å²) < 4.78 is 14.6. The molecular formula is C21H16FN3O3S. The number of carbonyl (C=O) groups is 1. The van der Waals surface area contributed by atoms with E-state index in [4.69, 9.17) is 0 Å². The quantitative estimate of drug-likeness (QED) is 0.682. The predicted molar refractivity (Wildman–Crippen MR) is 112 cm³/mol. The van der Waals surface area contributed by atoms with Crippen LogP contribution >= 0.6 is 11.3 Å². The number of halogens is 1. The van der Waals surface area contributed by atoms with Crippen molar-refractivity contribution in [1.82, 2.24) is 4.57 Å². The molecule has 8 heteroatoms. The molecule has 0 unspecified atom stereocenters. The number of nitrogens with zero attached hydrogens (tertiary/aromatic N) is 2. The van der Waals surface area contributed by atoms with Gasteiger partial charge in [-0.15, -0.1) is 0 Å². The molecule has 0 bridgehead atoms. The van der Waals surface area contributed by atoms with E-state index < -0.39 is 23.1 Å². The number of hydrogen-bond donors (Lipinski definition) is 2. The first-order valence-corrected chi connectivity index (χ1v) is 9.59. The average Bonchev–Trinajstić information content (AvgIpc) is 3.15. The molecule has 1 aliphatic rings. The lowest BCUT2D eigenvalue weighted by atomic mass is 10.0. The molecule has 1 aliphatic heterocycles. The molecule has 0 aliphatic carbocycles. The number of aromatic nitrogens is 1. The molecule has 0 saturated heterocycles. The molecule has 0 fully saturated rings. The molecule has 0 radical (unpaired) electrons. The van der Waals surface area contributed by atoms with E-state index in [1.807, 2.05) is 31.2 Å². The maximum Gasteiger partial charge on any atom is 0.311 e. The van der Waals surface area contributed by atoms with Crippen molar-refractivity contribution in [2.24, 2.45) is 4.99 Å². The number of nitrogens with one attached hydrogen (secondary N) is 1. The Labute approximate surface area is 169 Å². The van der Waals surface area contributed by atoms with Crippen LogP contribution in [0.2, 0.25) is 0 Å². The van der Waals surface area contributed by atoms with Gasteiger partial charge in [-0.05, 0) is 31.2 Å². The predicted octanol–water partition coefficient (Wildman–Crippen LogP) is 4.04. The monoisotopic (exact) mass is 409 g/mol. The Morgan fingerprint density at radius 3 is 2.76 bits per heavy atom. The maximum atomic E-state index is 13.7. The van der Waals surface area contributed by atoms with Gasteiger partial charge in [0.1, 0.15) is 12.4 Å². The van der Waals surface area contributed by atoms with E-state index in [0.29, 0.717) is 4.88 Å². The standard InChI is InChI=1S/C21H16FN3O3S/c1-12-14(13-6-2-4-8-16(13)23-12)10-18-20(27)25(21(28)29-18)11-19(26)24-17-9-5-3-7-15(17)22/h2-10,27H,11H2,1H3,(H,24,26)/b14-10-. The van der Waals surface area contributed by atoms with Crippen molar-refractivity contribution in [2.45, 2.75) is 13.5 Å². The molecule has 2 heterocycles. The molecule has 29 heavy (non-hydrogen) atoms. The Morgan fingerprint density at radius 1 is 1.24 bits per heavy atom. The van der Waals surface area contributed by atoms with Crippen molar-refractivity contribution >= 4 is 46.0 Å². The Bertz CT molecular complexity index is 1240. The number of aromatic hydroxyl groups is 1. The Kier molecular flexibility index (Phi) is 4.85. The Morgan fingerprint density at radius 2 is 1.97 bits per heavy atom. The van der Waals surface area contributed by atoms with E-state index in [0.717, 1.165) is 38.4 Å². The lowest BCUT2D eigenvalue weighted by molar-refractivity contribution is -0.116. The van der Waals surface area contributed by atoms with Crippen molar-refractivity contribution in [3.63, 3.8) is 0 Å². The zero-order valence-electron chi connectivity index (χ0n) is 15.3. The van der Waals surface area contributed by atoms with E-state index in [-0.39, 0.29) is 11.6 Å². The van der Waals surface area contributed by atoms with E-state index >= 15 is 0 Å². The number of hydrogen-bond acceptors (Lipinski definition) is 5. The molecule has 1 amide bonds. The highest BCUT2D eigenvalue weighted by molar-refractivity contribution is 7.10. The van der Waals surface area contributed by atoms with Crippen LogP contribution in [0.15, 0.2) is 58.3 Å². The third kappa shape index (κ3) is 3.62. The van der Waals surface area contributed by atoms with Crippen LogP contribution in [0.4, 0.5) is 15.8 Å².